The third kappa shape index (κ3) is 3.30. The molecule has 0 aliphatic heterocycles. The Morgan fingerprint density at radius 3 is 2.19 bits per heavy atom. The number of carbonyl (C=O) groups excluding carboxylic acids is 1. The highest BCUT2D eigenvalue weighted by molar-refractivity contribution is 5.77. The molecule has 0 bridgehead atoms. The first-order valence-corrected chi connectivity index (χ1v) is 14.6. The summed E-state index contributed by atoms with van der Waals surface area (Å²) in [5.74, 6) is -0.0260. The van der Waals surface area contributed by atoms with Gasteiger partial charge in [0, 0.05) is 6.92 Å². The number of allylic oxidation sites excluding steroid dienone is 2. The van der Waals surface area contributed by atoms with E-state index in [0.29, 0.717) is 29.1 Å². The predicted octanol–water partition coefficient (Wildman–Crippen LogP) is 7.80. The van der Waals surface area contributed by atoms with Gasteiger partial charge in [-0.1, -0.05) is 53.2 Å². The van der Waals surface area contributed by atoms with Crippen molar-refractivity contribution in [2.75, 3.05) is 0 Å². The zero-order valence-electron chi connectivity index (χ0n) is 24.1. The Morgan fingerprint density at radius 1 is 0.889 bits per heavy atom. The second-order valence-electron chi connectivity index (χ2n) is 15.6. The van der Waals surface area contributed by atoms with Gasteiger partial charge in [-0.3, -0.25) is 9.59 Å². The van der Waals surface area contributed by atoms with Gasteiger partial charge in [0.1, 0.15) is 11.5 Å². The van der Waals surface area contributed by atoms with Crippen molar-refractivity contribution in [1.29, 1.82) is 0 Å². The maximum atomic E-state index is 12.8. The Morgan fingerprint density at radius 2 is 1.56 bits per heavy atom. The number of hydrogen-bond acceptors (Lipinski definition) is 3. The van der Waals surface area contributed by atoms with E-state index in [2.05, 4.69) is 47.6 Å². The van der Waals surface area contributed by atoms with Crippen molar-refractivity contribution in [3.05, 3.63) is 11.6 Å². The van der Waals surface area contributed by atoms with E-state index in [1.165, 1.54) is 39.0 Å². The molecule has 0 aromatic heterocycles. The van der Waals surface area contributed by atoms with Gasteiger partial charge in [-0.2, -0.15) is 0 Å². The summed E-state index contributed by atoms with van der Waals surface area (Å²) >= 11 is 0. The van der Waals surface area contributed by atoms with Crippen molar-refractivity contribution < 1.29 is 19.4 Å². The van der Waals surface area contributed by atoms with Crippen molar-refractivity contribution in [2.45, 2.75) is 126 Å². The van der Waals surface area contributed by atoms with Gasteiger partial charge in [-0.15, -0.1) is 0 Å². The maximum absolute atomic E-state index is 12.8. The molecule has 0 radical (unpaired) electrons. The van der Waals surface area contributed by atoms with Gasteiger partial charge in [0.05, 0.1) is 0 Å². The van der Waals surface area contributed by atoms with E-state index >= 15 is 0 Å². The number of carboxylic acids is 1. The van der Waals surface area contributed by atoms with Gasteiger partial charge in [0.15, 0.2) is 0 Å². The first-order chi connectivity index (χ1) is 16.5. The number of esters is 1. The lowest BCUT2D eigenvalue weighted by Gasteiger charge is -2.71. The van der Waals surface area contributed by atoms with Gasteiger partial charge in [-0.25, -0.2) is 0 Å². The molecule has 4 saturated carbocycles. The van der Waals surface area contributed by atoms with Crippen LogP contribution < -0.4 is 0 Å². The van der Waals surface area contributed by atoms with Crippen molar-refractivity contribution in [2.24, 2.45) is 50.2 Å². The number of carbonyl (C=O) groups is 2. The summed E-state index contributed by atoms with van der Waals surface area (Å²) in [6.45, 7) is 18.3. The molecule has 36 heavy (non-hydrogen) atoms. The first kappa shape index (κ1) is 26.3. The van der Waals surface area contributed by atoms with E-state index in [0.717, 1.165) is 25.7 Å². The first-order valence-electron chi connectivity index (χ1n) is 14.6. The largest absolute Gasteiger partial charge is 0.481 e. The quantitative estimate of drug-likeness (QED) is 0.311. The van der Waals surface area contributed by atoms with Gasteiger partial charge in [-0.05, 0) is 116 Å². The van der Waals surface area contributed by atoms with Crippen LogP contribution in [0.4, 0.5) is 0 Å². The zero-order valence-corrected chi connectivity index (χ0v) is 24.1. The Labute approximate surface area is 219 Å². The molecule has 0 unspecified atom stereocenters. The molecule has 0 aromatic rings. The normalized spacial score (nSPS) is 51.5. The van der Waals surface area contributed by atoms with Crippen molar-refractivity contribution in [3.63, 3.8) is 0 Å². The Balaban J connectivity index is 1.56. The molecule has 202 valence electrons. The highest BCUT2D eigenvalue weighted by Gasteiger charge is 2.70. The van der Waals surface area contributed by atoms with Crippen LogP contribution in [0.15, 0.2) is 11.6 Å². The van der Waals surface area contributed by atoms with E-state index < -0.39 is 17.5 Å². The fraction of sp³-hybridized carbons (Fsp3) is 0.875. The molecule has 5 aliphatic rings. The third-order valence-corrected chi connectivity index (χ3v) is 13.4. The highest BCUT2D eigenvalue weighted by atomic mass is 16.5. The minimum absolute atomic E-state index is 0.0136. The summed E-state index contributed by atoms with van der Waals surface area (Å²) in [4.78, 5) is 24.8. The summed E-state index contributed by atoms with van der Waals surface area (Å²) in [5.41, 5.74) is 1.81. The number of carboxylic acid groups (broad SMARTS) is 1. The van der Waals surface area contributed by atoms with E-state index in [-0.39, 0.29) is 28.1 Å². The molecule has 0 aromatic carbocycles. The van der Waals surface area contributed by atoms with Crippen LogP contribution in [0, 0.1) is 50.2 Å². The van der Waals surface area contributed by atoms with Crippen molar-refractivity contribution >= 4 is 11.9 Å². The molecule has 0 spiro atoms. The summed E-state index contributed by atoms with van der Waals surface area (Å²) in [7, 11) is 0. The second-order valence-corrected chi connectivity index (χ2v) is 15.6. The molecule has 1 N–H and O–H groups in total. The van der Waals surface area contributed by atoms with Gasteiger partial charge in [0.25, 0.3) is 0 Å². The van der Waals surface area contributed by atoms with Crippen LogP contribution in [-0.2, 0) is 14.3 Å². The Bertz CT molecular complexity index is 996. The molecule has 9 atom stereocenters. The molecular weight excluding hydrogens is 448 g/mol. The maximum Gasteiger partial charge on any atom is 0.313 e. The number of aliphatic carboxylic acids is 1. The van der Waals surface area contributed by atoms with Gasteiger partial charge >= 0.3 is 11.9 Å². The SMILES string of the molecule is CC(=O)O[C@@H]1CC[C@@]2(C)[C@H]3CC=C4[C@@H]5CC(C)(C)CC[C@]5(C)CC[C@]4(C)[C@]3(C)CC[C@@H]2[C@]1(C)C(=O)O. The molecular formula is C32H50O4. The van der Waals surface area contributed by atoms with Crippen LogP contribution in [0.5, 0.6) is 0 Å². The van der Waals surface area contributed by atoms with Crippen LogP contribution in [0.1, 0.15) is 120 Å². The fourth-order valence-corrected chi connectivity index (χ4v) is 10.9. The standard InChI is InChI=1S/C32H50O4/c1-20(33)36-25-12-13-29(5)23-10-9-21-22-19-27(2,3)15-16-28(22,4)17-18-30(21,6)31(23,7)14-11-24(29)32(25,8)26(34)35/h9,22-25H,10-19H2,1-8H3,(H,34,35)/t22-,23+,24-,25+,28+,29-,30-,31+,32-/m0/s1. The third-order valence-electron chi connectivity index (χ3n) is 13.4. The fourth-order valence-electron chi connectivity index (χ4n) is 10.9. The smallest absolute Gasteiger partial charge is 0.313 e. The lowest BCUT2D eigenvalue weighted by molar-refractivity contribution is -0.222. The molecule has 4 nitrogen and oxygen atoms in total. The predicted molar refractivity (Wildman–Crippen MR) is 142 cm³/mol. The van der Waals surface area contributed by atoms with Gasteiger partial charge < -0.3 is 9.84 Å². The summed E-state index contributed by atoms with van der Waals surface area (Å²) in [5, 5.41) is 10.5. The minimum atomic E-state index is -1.04. The average Bonchev–Trinajstić information content (AvgIpc) is 2.77. The number of rotatable bonds is 2. The molecule has 5 aliphatic carbocycles. The van der Waals surface area contributed by atoms with E-state index in [9.17, 15) is 14.7 Å². The van der Waals surface area contributed by atoms with E-state index in [1.807, 2.05) is 6.92 Å². The Kier molecular flexibility index (Phi) is 5.74. The molecule has 0 heterocycles. The number of hydrogen-bond donors (Lipinski definition) is 1. The minimum Gasteiger partial charge on any atom is -0.481 e. The number of ether oxygens (including phenoxy) is 1. The topological polar surface area (TPSA) is 63.6 Å². The average molecular weight is 499 g/mol. The summed E-state index contributed by atoms with van der Waals surface area (Å²) in [6, 6.07) is 0. The van der Waals surface area contributed by atoms with Crippen LogP contribution in [0.25, 0.3) is 0 Å². The van der Waals surface area contributed by atoms with Crippen LogP contribution in [0.3, 0.4) is 0 Å². The molecule has 0 amide bonds. The monoisotopic (exact) mass is 498 g/mol. The van der Waals surface area contributed by atoms with Crippen molar-refractivity contribution in [1.82, 2.24) is 0 Å². The van der Waals surface area contributed by atoms with Crippen LogP contribution in [-0.4, -0.2) is 23.1 Å². The zero-order chi connectivity index (χ0) is 26.5. The molecule has 4 fully saturated rings. The number of fused-ring (bicyclic) bond motifs is 7. The molecule has 4 heteroatoms. The van der Waals surface area contributed by atoms with Crippen molar-refractivity contribution in [3.8, 4) is 0 Å². The van der Waals surface area contributed by atoms with Gasteiger partial charge in [0.2, 0.25) is 0 Å². The molecule has 0 saturated heterocycles. The van der Waals surface area contributed by atoms with Crippen LogP contribution >= 0.6 is 0 Å². The highest BCUT2D eigenvalue weighted by Crippen LogP contribution is 2.75. The lowest BCUT2D eigenvalue weighted by Crippen LogP contribution is -2.66. The van der Waals surface area contributed by atoms with Crippen LogP contribution in [0.2, 0.25) is 0 Å². The Hall–Kier alpha value is -1.32. The lowest BCUT2D eigenvalue weighted by atomic mass is 9.33. The van der Waals surface area contributed by atoms with E-state index in [4.69, 9.17) is 4.74 Å². The van der Waals surface area contributed by atoms with E-state index in [1.54, 1.807) is 5.57 Å². The molecule has 5 rings (SSSR count). The summed E-state index contributed by atoms with van der Waals surface area (Å²) < 4.78 is 5.69. The second kappa shape index (κ2) is 7.85. The summed E-state index contributed by atoms with van der Waals surface area (Å²) in [6.07, 6.45) is 13.3.